The molecule has 9 heteroatoms. The van der Waals surface area contributed by atoms with Crippen molar-refractivity contribution >= 4 is 18.0 Å². The summed E-state index contributed by atoms with van der Waals surface area (Å²) in [6, 6.07) is 14.1. The van der Waals surface area contributed by atoms with Crippen molar-refractivity contribution in [2.24, 2.45) is 5.41 Å². The minimum Gasteiger partial charge on any atom is -0.481 e. The van der Waals surface area contributed by atoms with E-state index in [1.807, 2.05) is 48.5 Å². The van der Waals surface area contributed by atoms with Crippen molar-refractivity contribution in [3.05, 3.63) is 59.7 Å². The van der Waals surface area contributed by atoms with E-state index >= 15 is 0 Å². The highest BCUT2D eigenvalue weighted by Gasteiger charge is 2.46. The third-order valence-corrected chi connectivity index (χ3v) is 6.72. The summed E-state index contributed by atoms with van der Waals surface area (Å²) < 4.78 is 31.7. The molecule has 2 amide bonds. The Morgan fingerprint density at radius 3 is 2.12 bits per heavy atom. The lowest BCUT2D eigenvalue weighted by Crippen LogP contribution is -2.56. The van der Waals surface area contributed by atoms with E-state index in [-0.39, 0.29) is 19.1 Å². The fourth-order valence-electron chi connectivity index (χ4n) is 4.69. The summed E-state index contributed by atoms with van der Waals surface area (Å²) in [5.74, 6) is -2.21. The Labute approximate surface area is 195 Å². The van der Waals surface area contributed by atoms with Gasteiger partial charge in [0.05, 0.1) is 11.8 Å². The predicted octanol–water partition coefficient (Wildman–Crippen LogP) is 3.92. The minimum atomic E-state index is -3.01. The molecule has 0 bridgehead atoms. The van der Waals surface area contributed by atoms with Crippen LogP contribution in [0.1, 0.15) is 42.7 Å². The average molecular weight is 472 g/mol. The molecule has 0 saturated heterocycles. The molecular weight excluding hydrogens is 446 g/mol. The van der Waals surface area contributed by atoms with Gasteiger partial charge in [-0.3, -0.25) is 9.59 Å². The number of carboxylic acids is 1. The first-order valence-electron chi connectivity index (χ1n) is 11.2. The predicted molar refractivity (Wildman–Crippen MR) is 120 cm³/mol. The van der Waals surface area contributed by atoms with Crippen molar-refractivity contribution in [3.8, 4) is 11.1 Å². The Morgan fingerprint density at radius 1 is 1.03 bits per heavy atom. The van der Waals surface area contributed by atoms with Crippen LogP contribution in [0, 0.1) is 5.41 Å². The van der Waals surface area contributed by atoms with Gasteiger partial charge in [-0.15, -0.1) is 0 Å². The number of rotatable bonds is 9. The lowest BCUT2D eigenvalue weighted by molar-refractivity contribution is -0.141. The Kier molecular flexibility index (Phi) is 6.81. The molecule has 1 atom stereocenters. The first-order chi connectivity index (χ1) is 16.3. The van der Waals surface area contributed by atoms with Crippen molar-refractivity contribution in [1.82, 2.24) is 10.6 Å². The van der Waals surface area contributed by atoms with E-state index in [9.17, 15) is 23.2 Å². The van der Waals surface area contributed by atoms with Crippen LogP contribution in [0.5, 0.6) is 0 Å². The van der Waals surface area contributed by atoms with E-state index in [1.165, 1.54) is 0 Å². The summed E-state index contributed by atoms with van der Waals surface area (Å²) in [6.45, 7) is 0.0453. The number of hydrogen-bond acceptors (Lipinski definition) is 4. The maximum atomic E-state index is 13.1. The fraction of sp³-hybridized carbons (Fsp3) is 0.400. The molecule has 0 radical (unpaired) electrons. The second-order valence-corrected chi connectivity index (χ2v) is 8.83. The summed E-state index contributed by atoms with van der Waals surface area (Å²) in [7, 11) is 0. The molecule has 2 aliphatic rings. The molecule has 1 unspecified atom stereocenters. The number of alkyl carbamates (subject to hydrolysis) is 1. The van der Waals surface area contributed by atoms with Crippen molar-refractivity contribution in [2.45, 2.75) is 44.1 Å². The lowest BCUT2D eigenvalue weighted by Gasteiger charge is -2.40. The Bertz CT molecular complexity index is 1040. The second-order valence-electron chi connectivity index (χ2n) is 8.83. The molecule has 7 nitrogen and oxygen atoms in total. The topological polar surface area (TPSA) is 105 Å². The third-order valence-electron chi connectivity index (χ3n) is 6.72. The molecule has 2 aromatic carbocycles. The summed E-state index contributed by atoms with van der Waals surface area (Å²) in [4.78, 5) is 35.9. The van der Waals surface area contributed by atoms with Crippen molar-refractivity contribution in [2.75, 3.05) is 13.2 Å². The van der Waals surface area contributed by atoms with Gasteiger partial charge in [0.25, 0.3) is 6.43 Å². The van der Waals surface area contributed by atoms with Crippen LogP contribution in [-0.4, -0.2) is 48.7 Å². The monoisotopic (exact) mass is 472 g/mol. The summed E-state index contributed by atoms with van der Waals surface area (Å²) in [6.07, 6.45) is -3.06. The van der Waals surface area contributed by atoms with Gasteiger partial charge in [-0.1, -0.05) is 55.0 Å². The Hall–Kier alpha value is -3.49. The lowest BCUT2D eigenvalue weighted by atomic mass is 9.68. The average Bonchev–Trinajstić information content (AvgIpc) is 3.10. The number of aliphatic carboxylic acids is 1. The molecule has 3 N–H and O–H groups in total. The van der Waals surface area contributed by atoms with E-state index in [4.69, 9.17) is 9.84 Å². The molecule has 1 fully saturated rings. The smallest absolute Gasteiger partial charge is 0.407 e. The Balaban J connectivity index is 1.35. The van der Waals surface area contributed by atoms with Crippen LogP contribution in [0.15, 0.2) is 48.5 Å². The molecule has 34 heavy (non-hydrogen) atoms. The molecule has 1 saturated carbocycles. The molecule has 2 aromatic rings. The van der Waals surface area contributed by atoms with Gasteiger partial charge in [-0.05, 0) is 35.1 Å². The highest BCUT2D eigenvalue weighted by molar-refractivity contribution is 5.85. The van der Waals surface area contributed by atoms with Gasteiger partial charge in [-0.2, -0.15) is 0 Å². The van der Waals surface area contributed by atoms with E-state index in [0.29, 0.717) is 19.3 Å². The van der Waals surface area contributed by atoms with Crippen molar-refractivity contribution in [1.29, 1.82) is 0 Å². The number of benzene rings is 2. The van der Waals surface area contributed by atoms with Crippen LogP contribution in [0.2, 0.25) is 0 Å². The quantitative estimate of drug-likeness (QED) is 0.513. The summed E-state index contributed by atoms with van der Waals surface area (Å²) >= 11 is 0. The van der Waals surface area contributed by atoms with Gasteiger partial charge in [-0.25, -0.2) is 13.6 Å². The number of halogens is 2. The Morgan fingerprint density at radius 2 is 1.62 bits per heavy atom. The number of carboxylic acid groups (broad SMARTS) is 1. The first-order valence-corrected chi connectivity index (χ1v) is 11.2. The van der Waals surface area contributed by atoms with Crippen LogP contribution in [0.4, 0.5) is 13.6 Å². The number of nitrogens with one attached hydrogen (secondary N) is 2. The largest absolute Gasteiger partial charge is 0.481 e. The molecule has 4 rings (SSSR count). The highest BCUT2D eigenvalue weighted by atomic mass is 19.3. The minimum absolute atomic E-state index is 0.0709. The number of ether oxygens (including phenoxy) is 1. The van der Waals surface area contributed by atoms with Crippen molar-refractivity contribution in [3.63, 3.8) is 0 Å². The molecule has 180 valence electrons. The van der Waals surface area contributed by atoms with Crippen LogP contribution in [0.25, 0.3) is 11.1 Å². The van der Waals surface area contributed by atoms with E-state index < -0.39 is 42.3 Å². The van der Waals surface area contributed by atoms with Gasteiger partial charge < -0.3 is 20.5 Å². The molecule has 0 heterocycles. The second kappa shape index (κ2) is 9.79. The molecule has 0 spiro atoms. The normalized spacial score (nSPS) is 16.7. The number of carbonyl (C=O) groups is 3. The summed E-state index contributed by atoms with van der Waals surface area (Å²) in [5.41, 5.74) is 3.31. The molecule has 2 aliphatic carbocycles. The number of hydrogen-bond donors (Lipinski definition) is 3. The third kappa shape index (κ3) is 4.73. The first kappa shape index (κ1) is 23.7. The van der Waals surface area contributed by atoms with Gasteiger partial charge in [0.1, 0.15) is 12.6 Å². The molecule has 0 aromatic heterocycles. The van der Waals surface area contributed by atoms with Crippen LogP contribution in [-0.2, 0) is 14.3 Å². The number of carbonyl (C=O) groups excluding carboxylic acids is 2. The number of amides is 2. The SMILES string of the molecule is O=C(O)CC(NC(=O)C1(CNC(=O)OCC2c3ccccc3-c3ccccc32)CCC1)C(F)F. The molecule has 0 aliphatic heterocycles. The maximum absolute atomic E-state index is 13.1. The number of alkyl halides is 2. The summed E-state index contributed by atoms with van der Waals surface area (Å²) in [5, 5.41) is 13.6. The molecular formula is C25H26F2N2O5. The van der Waals surface area contributed by atoms with Crippen LogP contribution >= 0.6 is 0 Å². The fourth-order valence-corrected chi connectivity index (χ4v) is 4.69. The zero-order chi connectivity index (χ0) is 24.3. The van der Waals surface area contributed by atoms with E-state index in [0.717, 1.165) is 22.3 Å². The highest BCUT2D eigenvalue weighted by Crippen LogP contribution is 2.44. The van der Waals surface area contributed by atoms with Crippen LogP contribution < -0.4 is 10.6 Å². The zero-order valence-electron chi connectivity index (χ0n) is 18.4. The van der Waals surface area contributed by atoms with E-state index in [2.05, 4.69) is 10.6 Å². The zero-order valence-corrected chi connectivity index (χ0v) is 18.4. The van der Waals surface area contributed by atoms with Crippen LogP contribution in [0.3, 0.4) is 0 Å². The van der Waals surface area contributed by atoms with E-state index in [1.54, 1.807) is 0 Å². The number of fused-ring (bicyclic) bond motifs is 3. The standard InChI is InChI=1S/C25H26F2N2O5/c26-22(27)20(12-21(30)31)29-23(32)25(10-5-11-25)14-28-24(33)34-13-19-17-8-3-1-6-15(17)16-7-2-4-9-18(16)19/h1-4,6-9,19-20,22H,5,10-14H2,(H,28,33)(H,29,32)(H,30,31). The van der Waals surface area contributed by atoms with Gasteiger partial charge >= 0.3 is 12.1 Å². The van der Waals surface area contributed by atoms with Gasteiger partial charge in [0.2, 0.25) is 5.91 Å². The van der Waals surface area contributed by atoms with Crippen molar-refractivity contribution < 1.29 is 33.0 Å². The van der Waals surface area contributed by atoms with Gasteiger partial charge in [0, 0.05) is 12.5 Å². The maximum Gasteiger partial charge on any atom is 0.407 e. The van der Waals surface area contributed by atoms with Gasteiger partial charge in [0.15, 0.2) is 0 Å².